The lowest BCUT2D eigenvalue weighted by atomic mass is 9.93. The number of methoxy groups -OCH3 is 2. The molecule has 1 fully saturated rings. The van der Waals surface area contributed by atoms with Gasteiger partial charge in [-0.2, -0.15) is 13.2 Å². The van der Waals surface area contributed by atoms with Crippen molar-refractivity contribution in [3.63, 3.8) is 0 Å². The third-order valence-electron chi connectivity index (χ3n) is 6.55. The van der Waals surface area contributed by atoms with Crippen LogP contribution < -0.4 is 9.47 Å². The summed E-state index contributed by atoms with van der Waals surface area (Å²) in [5, 5.41) is 11.4. The molecule has 1 amide bonds. The summed E-state index contributed by atoms with van der Waals surface area (Å²) in [4.78, 5) is 27.8. The molecule has 3 aromatic carbocycles. The van der Waals surface area contributed by atoms with Crippen LogP contribution in [0.1, 0.15) is 39.4 Å². The quantitative estimate of drug-likeness (QED) is 0.244. The number of nitrogens with zero attached hydrogens (tertiary/aromatic N) is 1. The Hall–Kier alpha value is -4.27. The van der Waals surface area contributed by atoms with E-state index in [2.05, 4.69) is 0 Å². The van der Waals surface area contributed by atoms with E-state index >= 15 is 0 Å². The van der Waals surface area contributed by atoms with Gasteiger partial charge in [0, 0.05) is 12.1 Å². The number of Topliss-reactive ketones (excluding diaryl/α,β-unsaturated/α-hetero) is 1. The van der Waals surface area contributed by atoms with E-state index in [-0.39, 0.29) is 23.4 Å². The van der Waals surface area contributed by atoms with Crippen LogP contribution in [0.25, 0.3) is 5.76 Å². The molecule has 1 aliphatic rings. The van der Waals surface area contributed by atoms with Crippen molar-refractivity contribution in [3.8, 4) is 11.5 Å². The number of hydrogen-bond donors (Lipinski definition) is 1. The standard InChI is InChI=1S/C29H26F3NO5/c1-16-12-23(38-4)17(2)11-22(16)26(34)24-25(19-8-6-10-21(14-19)37-3)33(28(36)27(24)35)15-18-7-5-9-20(13-18)29(30,31)32/h5-14,25,34H,15H2,1-4H3/b26-24+. The van der Waals surface area contributed by atoms with Crippen LogP contribution >= 0.6 is 0 Å². The van der Waals surface area contributed by atoms with Gasteiger partial charge in [0.2, 0.25) is 0 Å². The molecule has 1 N–H and O–H groups in total. The van der Waals surface area contributed by atoms with Crippen LogP contribution in [0.4, 0.5) is 13.2 Å². The molecule has 0 aliphatic carbocycles. The normalized spacial score (nSPS) is 17.1. The van der Waals surface area contributed by atoms with Gasteiger partial charge < -0.3 is 19.5 Å². The van der Waals surface area contributed by atoms with E-state index in [1.165, 1.54) is 31.3 Å². The zero-order valence-corrected chi connectivity index (χ0v) is 21.2. The molecule has 3 aromatic rings. The monoisotopic (exact) mass is 525 g/mol. The van der Waals surface area contributed by atoms with E-state index in [9.17, 15) is 27.9 Å². The molecule has 4 rings (SSSR count). The Labute approximate surface area is 217 Å². The fraction of sp³-hybridized carbons (Fsp3) is 0.241. The molecule has 198 valence electrons. The number of benzene rings is 3. The third kappa shape index (κ3) is 4.96. The SMILES string of the molecule is COc1cccc(C2/C(=C(\O)c3cc(C)c(OC)cc3C)C(=O)C(=O)N2Cc2cccc(C(F)(F)F)c2)c1. The lowest BCUT2D eigenvalue weighted by molar-refractivity contribution is -0.140. The van der Waals surface area contributed by atoms with Crippen LogP contribution in [0.3, 0.4) is 0 Å². The van der Waals surface area contributed by atoms with Crippen LogP contribution in [0, 0.1) is 13.8 Å². The first-order valence-electron chi connectivity index (χ1n) is 11.7. The maximum absolute atomic E-state index is 13.4. The van der Waals surface area contributed by atoms with Crippen molar-refractivity contribution in [3.05, 3.63) is 99.6 Å². The van der Waals surface area contributed by atoms with Gasteiger partial charge in [-0.3, -0.25) is 9.59 Å². The summed E-state index contributed by atoms with van der Waals surface area (Å²) >= 11 is 0. The molecule has 0 saturated carbocycles. The first-order valence-corrected chi connectivity index (χ1v) is 11.7. The van der Waals surface area contributed by atoms with Gasteiger partial charge in [0.05, 0.1) is 31.4 Å². The van der Waals surface area contributed by atoms with Gasteiger partial charge in [-0.15, -0.1) is 0 Å². The number of alkyl halides is 3. The van der Waals surface area contributed by atoms with E-state index in [1.807, 2.05) is 0 Å². The maximum Gasteiger partial charge on any atom is 0.416 e. The van der Waals surface area contributed by atoms with Crippen molar-refractivity contribution in [2.24, 2.45) is 0 Å². The molecule has 0 spiro atoms. The van der Waals surface area contributed by atoms with Crippen LogP contribution in [0.2, 0.25) is 0 Å². The van der Waals surface area contributed by atoms with Gasteiger partial charge in [0.15, 0.2) is 0 Å². The van der Waals surface area contributed by atoms with E-state index in [4.69, 9.17) is 9.47 Å². The van der Waals surface area contributed by atoms with E-state index in [0.29, 0.717) is 33.8 Å². The van der Waals surface area contributed by atoms with Crippen LogP contribution in [0.15, 0.2) is 66.2 Å². The number of ether oxygens (including phenoxy) is 2. The van der Waals surface area contributed by atoms with Crippen molar-refractivity contribution < 1.29 is 37.3 Å². The second-order valence-corrected chi connectivity index (χ2v) is 9.04. The molecule has 1 heterocycles. The predicted octanol–water partition coefficient (Wildman–Crippen LogP) is 5.96. The second-order valence-electron chi connectivity index (χ2n) is 9.04. The number of ketones is 1. The van der Waals surface area contributed by atoms with Gasteiger partial charge in [0.1, 0.15) is 17.3 Å². The number of rotatable bonds is 6. The Bertz CT molecular complexity index is 1440. The molecule has 0 radical (unpaired) electrons. The first kappa shape index (κ1) is 26.8. The number of likely N-dealkylation sites (tertiary alicyclic amines) is 1. The number of aliphatic hydroxyl groups excluding tert-OH is 1. The van der Waals surface area contributed by atoms with Crippen molar-refractivity contribution in [2.45, 2.75) is 32.6 Å². The Morgan fingerprint density at radius 1 is 0.947 bits per heavy atom. The largest absolute Gasteiger partial charge is 0.507 e. The fourth-order valence-corrected chi connectivity index (χ4v) is 4.65. The van der Waals surface area contributed by atoms with Crippen LogP contribution in [0.5, 0.6) is 11.5 Å². The topological polar surface area (TPSA) is 76.1 Å². The predicted molar refractivity (Wildman–Crippen MR) is 135 cm³/mol. The van der Waals surface area contributed by atoms with Gasteiger partial charge in [-0.1, -0.05) is 24.3 Å². The lowest BCUT2D eigenvalue weighted by Gasteiger charge is -2.26. The number of carbonyl (C=O) groups is 2. The summed E-state index contributed by atoms with van der Waals surface area (Å²) in [6.45, 7) is 3.23. The molecular formula is C29H26F3NO5. The average Bonchev–Trinajstić information content (AvgIpc) is 3.14. The first-order chi connectivity index (χ1) is 18.0. The van der Waals surface area contributed by atoms with Crippen molar-refractivity contribution in [1.29, 1.82) is 0 Å². The van der Waals surface area contributed by atoms with Gasteiger partial charge >= 0.3 is 6.18 Å². The smallest absolute Gasteiger partial charge is 0.416 e. The maximum atomic E-state index is 13.4. The second kappa shape index (κ2) is 10.2. The van der Waals surface area contributed by atoms with Gasteiger partial charge in [-0.25, -0.2) is 0 Å². The summed E-state index contributed by atoms with van der Waals surface area (Å²) in [6.07, 6.45) is -4.57. The molecule has 0 aromatic heterocycles. The van der Waals surface area contributed by atoms with E-state index in [0.717, 1.165) is 12.1 Å². The van der Waals surface area contributed by atoms with Gasteiger partial charge in [0.25, 0.3) is 11.7 Å². The molecule has 0 bridgehead atoms. The number of aryl methyl sites for hydroxylation is 2. The Morgan fingerprint density at radius 2 is 1.66 bits per heavy atom. The molecule has 1 unspecified atom stereocenters. The minimum absolute atomic E-state index is 0.164. The number of carbonyl (C=O) groups excluding carboxylic acids is 2. The summed E-state index contributed by atoms with van der Waals surface area (Å²) in [5.41, 5.74) is 1.27. The highest BCUT2D eigenvalue weighted by Gasteiger charge is 2.46. The van der Waals surface area contributed by atoms with Gasteiger partial charge in [-0.05, 0) is 72.5 Å². The van der Waals surface area contributed by atoms with Crippen molar-refractivity contribution >= 4 is 17.4 Å². The number of amides is 1. The molecule has 9 heteroatoms. The third-order valence-corrected chi connectivity index (χ3v) is 6.55. The van der Waals surface area contributed by atoms with E-state index < -0.39 is 29.5 Å². The number of hydrogen-bond acceptors (Lipinski definition) is 5. The highest BCUT2D eigenvalue weighted by atomic mass is 19.4. The Morgan fingerprint density at radius 3 is 2.32 bits per heavy atom. The highest BCUT2D eigenvalue weighted by molar-refractivity contribution is 6.46. The zero-order valence-electron chi connectivity index (χ0n) is 21.2. The molecular weight excluding hydrogens is 499 g/mol. The Kier molecular flexibility index (Phi) is 7.22. The Balaban J connectivity index is 1.90. The summed E-state index contributed by atoms with van der Waals surface area (Å²) in [7, 11) is 2.98. The molecule has 1 saturated heterocycles. The highest BCUT2D eigenvalue weighted by Crippen LogP contribution is 2.42. The molecule has 1 atom stereocenters. The summed E-state index contributed by atoms with van der Waals surface area (Å²) in [6, 6.07) is 13.5. The molecule has 1 aliphatic heterocycles. The number of halogens is 3. The van der Waals surface area contributed by atoms with Crippen molar-refractivity contribution in [2.75, 3.05) is 14.2 Å². The van der Waals surface area contributed by atoms with E-state index in [1.54, 1.807) is 50.2 Å². The summed E-state index contributed by atoms with van der Waals surface area (Å²) < 4.78 is 50.6. The fourth-order valence-electron chi connectivity index (χ4n) is 4.65. The molecule has 6 nitrogen and oxygen atoms in total. The zero-order chi connectivity index (χ0) is 27.8. The minimum atomic E-state index is -4.57. The van der Waals surface area contributed by atoms with Crippen LogP contribution in [-0.2, 0) is 22.3 Å². The van der Waals surface area contributed by atoms with Crippen LogP contribution in [-0.4, -0.2) is 35.9 Å². The molecule has 38 heavy (non-hydrogen) atoms. The lowest BCUT2D eigenvalue weighted by Crippen LogP contribution is -2.29. The minimum Gasteiger partial charge on any atom is -0.507 e. The van der Waals surface area contributed by atoms with Crippen molar-refractivity contribution in [1.82, 2.24) is 4.90 Å². The average molecular weight is 526 g/mol. The number of aliphatic hydroxyl groups is 1. The summed E-state index contributed by atoms with van der Waals surface area (Å²) in [5.74, 6) is -1.21.